The lowest BCUT2D eigenvalue weighted by Crippen LogP contribution is -2.27. The third-order valence-corrected chi connectivity index (χ3v) is 6.25. The Bertz CT molecular complexity index is 1370. The van der Waals surface area contributed by atoms with Gasteiger partial charge < -0.3 is 13.9 Å². The third-order valence-electron chi connectivity index (χ3n) is 4.88. The maximum Gasteiger partial charge on any atom is 0.335 e. The number of carboxylic acid groups (broad SMARTS) is 1. The Morgan fingerprint density at radius 2 is 1.74 bits per heavy atom. The number of benzene rings is 2. The van der Waals surface area contributed by atoms with Gasteiger partial charge in [-0.15, -0.1) is 0 Å². The highest BCUT2D eigenvalue weighted by Crippen LogP contribution is 2.42. The molecule has 31 heavy (non-hydrogen) atoms. The highest BCUT2D eigenvalue weighted by molar-refractivity contribution is 8.27. The van der Waals surface area contributed by atoms with Crippen molar-refractivity contribution in [3.05, 3.63) is 95.0 Å². The average Bonchev–Trinajstić information content (AvgIpc) is 3.50. The van der Waals surface area contributed by atoms with Gasteiger partial charge >= 0.3 is 5.97 Å². The summed E-state index contributed by atoms with van der Waals surface area (Å²) in [5.41, 5.74) is 2.82. The number of thioether (sulfide) groups is 1. The fourth-order valence-corrected chi connectivity index (χ4v) is 4.81. The van der Waals surface area contributed by atoms with Crippen LogP contribution < -0.4 is 4.90 Å². The molecular weight excluding hydrogens is 434 g/mol. The number of hydrogen-bond acceptors (Lipinski definition) is 6. The summed E-state index contributed by atoms with van der Waals surface area (Å²) in [6.07, 6.45) is 3.17. The third kappa shape index (κ3) is 3.35. The molecule has 6 nitrogen and oxygen atoms in total. The van der Waals surface area contributed by atoms with Gasteiger partial charge in [-0.3, -0.25) is 9.69 Å². The lowest BCUT2D eigenvalue weighted by Gasteiger charge is -2.15. The molecule has 1 amide bonds. The van der Waals surface area contributed by atoms with E-state index in [9.17, 15) is 9.59 Å². The summed E-state index contributed by atoms with van der Waals surface area (Å²) in [5.74, 6) is -0.784. The van der Waals surface area contributed by atoms with Crippen LogP contribution in [0.5, 0.6) is 0 Å². The molecule has 4 aromatic rings. The summed E-state index contributed by atoms with van der Waals surface area (Å²) in [7, 11) is 0. The number of furan rings is 2. The molecule has 152 valence electrons. The first-order chi connectivity index (χ1) is 15.0. The van der Waals surface area contributed by atoms with E-state index in [-0.39, 0.29) is 11.5 Å². The van der Waals surface area contributed by atoms with Gasteiger partial charge in [0.1, 0.15) is 11.3 Å². The molecule has 1 N–H and O–H groups in total. The number of hydrogen-bond donors (Lipinski definition) is 1. The van der Waals surface area contributed by atoms with E-state index in [0.29, 0.717) is 26.2 Å². The second kappa shape index (κ2) is 7.57. The average molecular weight is 447 g/mol. The van der Waals surface area contributed by atoms with Crippen LogP contribution in [-0.2, 0) is 4.79 Å². The molecule has 1 saturated heterocycles. The molecule has 2 aromatic carbocycles. The Morgan fingerprint density at radius 1 is 0.968 bits per heavy atom. The molecule has 1 aliphatic rings. The summed E-state index contributed by atoms with van der Waals surface area (Å²) in [4.78, 5) is 26.4. The van der Waals surface area contributed by atoms with Crippen LogP contribution >= 0.6 is 24.0 Å². The van der Waals surface area contributed by atoms with Crippen molar-refractivity contribution in [1.29, 1.82) is 0 Å². The van der Waals surface area contributed by atoms with Gasteiger partial charge in [0.05, 0.1) is 28.7 Å². The van der Waals surface area contributed by atoms with E-state index >= 15 is 0 Å². The van der Waals surface area contributed by atoms with Crippen molar-refractivity contribution in [2.75, 3.05) is 4.90 Å². The van der Waals surface area contributed by atoms with E-state index in [1.807, 2.05) is 24.3 Å². The van der Waals surface area contributed by atoms with Crippen LogP contribution in [0, 0.1) is 0 Å². The number of fused-ring (bicyclic) bond motifs is 1. The molecule has 5 rings (SSSR count). The number of thiocarbonyl (C=S) groups is 1. The molecule has 0 saturated carbocycles. The molecule has 1 aliphatic heterocycles. The van der Waals surface area contributed by atoms with Crippen molar-refractivity contribution in [1.82, 2.24) is 0 Å². The van der Waals surface area contributed by atoms with Gasteiger partial charge in [0, 0.05) is 11.0 Å². The molecule has 3 heterocycles. The molecule has 1 fully saturated rings. The van der Waals surface area contributed by atoms with Crippen molar-refractivity contribution in [3.8, 4) is 0 Å². The number of nitrogens with zero attached hydrogens (tertiary/aromatic N) is 1. The predicted octanol–water partition coefficient (Wildman–Crippen LogP) is 5.55. The second-order valence-corrected chi connectivity index (χ2v) is 8.36. The first kappa shape index (κ1) is 19.3. The van der Waals surface area contributed by atoms with Crippen LogP contribution in [0.4, 0.5) is 5.69 Å². The molecule has 0 bridgehead atoms. The Balaban J connectivity index is 1.63. The quantitative estimate of drug-likeness (QED) is 0.324. The number of anilines is 1. The van der Waals surface area contributed by atoms with E-state index in [0.717, 1.165) is 16.5 Å². The molecule has 2 aromatic heterocycles. The number of carbonyl (C=O) groups is 2. The Labute approximate surface area is 185 Å². The summed E-state index contributed by atoms with van der Waals surface area (Å²) < 4.78 is 11.4. The molecule has 0 unspecified atom stereocenters. The smallest absolute Gasteiger partial charge is 0.335 e. The lowest BCUT2D eigenvalue weighted by molar-refractivity contribution is -0.113. The minimum absolute atomic E-state index is 0.134. The van der Waals surface area contributed by atoms with Crippen molar-refractivity contribution in [2.24, 2.45) is 0 Å². The van der Waals surface area contributed by atoms with Gasteiger partial charge in [0.15, 0.2) is 4.32 Å². The maximum atomic E-state index is 13.4. The van der Waals surface area contributed by atoms with Crippen LogP contribution in [0.15, 0.2) is 86.9 Å². The molecule has 0 spiro atoms. The van der Waals surface area contributed by atoms with E-state index in [1.54, 1.807) is 36.8 Å². The van der Waals surface area contributed by atoms with Gasteiger partial charge in [-0.05, 0) is 60.2 Å². The molecular formula is C23H13NO5S2. The number of aromatic carboxylic acids is 1. The lowest BCUT2D eigenvalue weighted by atomic mass is 10.0. The number of rotatable bonds is 4. The largest absolute Gasteiger partial charge is 0.478 e. The normalized spacial score (nSPS) is 15.7. The zero-order valence-electron chi connectivity index (χ0n) is 15.8. The summed E-state index contributed by atoms with van der Waals surface area (Å²) in [6, 6.07) is 17.1. The highest BCUT2D eigenvalue weighted by Gasteiger charge is 2.37. The van der Waals surface area contributed by atoms with Crippen molar-refractivity contribution < 1.29 is 23.5 Å². The van der Waals surface area contributed by atoms with Crippen LogP contribution in [0.3, 0.4) is 0 Å². The van der Waals surface area contributed by atoms with Crippen LogP contribution in [0.2, 0.25) is 0 Å². The van der Waals surface area contributed by atoms with Gasteiger partial charge in [-0.2, -0.15) is 0 Å². The first-order valence-electron chi connectivity index (χ1n) is 9.18. The zero-order valence-corrected chi connectivity index (χ0v) is 17.4. The SMILES string of the molecule is O=C(O)c1ccc(N2C(=O)C(=C(c3ccc4occc4c3)c3ccco3)SC2=S)cc1. The first-order valence-corrected chi connectivity index (χ1v) is 10.4. The molecule has 8 heteroatoms. The fourth-order valence-electron chi connectivity index (χ4n) is 3.42. The Kier molecular flexibility index (Phi) is 4.72. The highest BCUT2D eigenvalue weighted by atomic mass is 32.2. The van der Waals surface area contributed by atoms with Crippen LogP contribution in [0.1, 0.15) is 21.7 Å². The minimum atomic E-state index is -1.04. The maximum absolute atomic E-state index is 13.4. The monoisotopic (exact) mass is 447 g/mol. The Hall–Kier alpha value is -3.62. The molecule has 0 atom stereocenters. The van der Waals surface area contributed by atoms with Gasteiger partial charge in [-0.25, -0.2) is 4.79 Å². The van der Waals surface area contributed by atoms with Crippen molar-refractivity contribution in [3.63, 3.8) is 0 Å². The molecule has 0 aliphatic carbocycles. The van der Waals surface area contributed by atoms with E-state index in [2.05, 4.69) is 0 Å². The van der Waals surface area contributed by atoms with E-state index in [1.165, 1.54) is 28.8 Å². The summed E-state index contributed by atoms with van der Waals surface area (Å²) in [6.45, 7) is 0. The summed E-state index contributed by atoms with van der Waals surface area (Å²) in [5, 5.41) is 10.0. The van der Waals surface area contributed by atoms with Gasteiger partial charge in [0.25, 0.3) is 5.91 Å². The van der Waals surface area contributed by atoms with Crippen LogP contribution in [-0.4, -0.2) is 21.3 Å². The van der Waals surface area contributed by atoms with E-state index < -0.39 is 5.97 Å². The predicted molar refractivity (Wildman–Crippen MR) is 122 cm³/mol. The van der Waals surface area contributed by atoms with Crippen LogP contribution in [0.25, 0.3) is 16.5 Å². The standard InChI is InChI=1S/C23H13NO5S2/c25-21-20(31-23(30)24(21)16-6-3-13(4-7-16)22(26)27)19(18-2-1-10-28-18)15-5-8-17-14(12-15)9-11-29-17/h1-12H,(H,26,27). The second-order valence-electron chi connectivity index (χ2n) is 6.72. The molecule has 0 radical (unpaired) electrons. The number of amides is 1. The Morgan fingerprint density at radius 3 is 2.45 bits per heavy atom. The summed E-state index contributed by atoms with van der Waals surface area (Å²) >= 11 is 6.68. The van der Waals surface area contributed by atoms with Gasteiger partial charge in [0.2, 0.25) is 0 Å². The van der Waals surface area contributed by atoms with Crippen molar-refractivity contribution in [2.45, 2.75) is 0 Å². The number of carboxylic acids is 1. The fraction of sp³-hybridized carbons (Fsp3) is 0. The van der Waals surface area contributed by atoms with E-state index in [4.69, 9.17) is 26.2 Å². The minimum Gasteiger partial charge on any atom is -0.478 e. The number of carbonyl (C=O) groups excluding carboxylic acids is 1. The van der Waals surface area contributed by atoms with Crippen molar-refractivity contribution >= 4 is 62.4 Å². The van der Waals surface area contributed by atoms with Gasteiger partial charge in [-0.1, -0.05) is 30.0 Å². The topological polar surface area (TPSA) is 83.9 Å². The zero-order chi connectivity index (χ0) is 21.5.